The minimum atomic E-state index is -0.744. The number of aromatic nitrogens is 3. The maximum Gasteiger partial charge on any atom is 0.325 e. The molecule has 0 radical (unpaired) electrons. The lowest BCUT2D eigenvalue weighted by Gasteiger charge is -2.32. The number of thioether (sulfide) groups is 1. The highest BCUT2D eigenvalue weighted by Crippen LogP contribution is 2.45. The number of para-hydroxylation sites is 1. The van der Waals surface area contributed by atoms with Crippen LogP contribution in [0, 0.1) is 0 Å². The number of carbonyl (C=O) groups excluding carboxylic acids is 1. The van der Waals surface area contributed by atoms with E-state index in [0.29, 0.717) is 50.7 Å². The quantitative estimate of drug-likeness (QED) is 0.330. The summed E-state index contributed by atoms with van der Waals surface area (Å²) >= 11 is 1.35. The summed E-state index contributed by atoms with van der Waals surface area (Å²) in [7, 11) is 1.54. The molecule has 0 saturated carbocycles. The Labute approximate surface area is 200 Å². The van der Waals surface area contributed by atoms with Gasteiger partial charge >= 0.3 is 11.3 Å². The summed E-state index contributed by atoms with van der Waals surface area (Å²) in [5, 5.41) is 5.18. The van der Waals surface area contributed by atoms with Gasteiger partial charge in [0, 0.05) is 17.3 Å². The maximum absolute atomic E-state index is 13.3. The Kier molecular flexibility index (Phi) is 5.74. The normalized spacial score (nSPS) is 15.5. The van der Waals surface area contributed by atoms with E-state index in [1.54, 1.807) is 41.8 Å². The Balaban J connectivity index is 1.81. The summed E-state index contributed by atoms with van der Waals surface area (Å²) in [6.07, 6.45) is 1.26. The number of nitrogens with zero attached hydrogens (tertiary/aromatic N) is 3. The number of carbonyl (C=O) groups is 1. The Morgan fingerprint density at radius 3 is 2.97 bits per heavy atom. The summed E-state index contributed by atoms with van der Waals surface area (Å²) < 4.78 is 18.3. The van der Waals surface area contributed by atoms with Crippen LogP contribution in [-0.2, 0) is 4.79 Å². The molecular formula is C24H23N4O5S+. The number of rotatable bonds is 6. The first-order valence-electron chi connectivity index (χ1n) is 10.8. The van der Waals surface area contributed by atoms with Crippen LogP contribution < -0.4 is 29.4 Å². The highest BCUT2D eigenvalue weighted by molar-refractivity contribution is 7.99. The third kappa shape index (κ3) is 3.50. The zero-order chi connectivity index (χ0) is 23.8. The summed E-state index contributed by atoms with van der Waals surface area (Å²) in [5.74, 6) is 1.93. The predicted octanol–water partition coefficient (Wildman–Crippen LogP) is 3.04. The standard InChI is InChI=1S/C24H22N4O5S/c1-4-10-34-24-25-22(30)20-15-8-6-7-9-16(15)27(19(29)5-2)23(28(20)26-24)14-11-17(31-3)21-18(12-14)32-13-33-21/h4,6-9,11-12,23H,1,5,10,13H2,2-3H3/p+1. The lowest BCUT2D eigenvalue weighted by Crippen LogP contribution is -2.60. The van der Waals surface area contributed by atoms with Crippen molar-refractivity contribution in [1.29, 1.82) is 0 Å². The number of fused-ring (bicyclic) bond motifs is 4. The van der Waals surface area contributed by atoms with Crippen molar-refractivity contribution in [1.82, 2.24) is 10.1 Å². The lowest BCUT2D eigenvalue weighted by molar-refractivity contribution is -0.763. The summed E-state index contributed by atoms with van der Waals surface area (Å²) in [5.41, 5.74) is 1.99. The largest absolute Gasteiger partial charge is 0.493 e. The number of methoxy groups -OCH3 is 1. The topological polar surface area (TPSA) is 97.6 Å². The number of amides is 1. The van der Waals surface area contributed by atoms with E-state index in [1.165, 1.54) is 11.8 Å². The van der Waals surface area contributed by atoms with Gasteiger partial charge in [-0.15, -0.1) is 6.58 Å². The molecule has 5 rings (SSSR count). The molecule has 174 valence electrons. The van der Waals surface area contributed by atoms with Crippen LogP contribution in [-0.4, -0.2) is 35.6 Å². The van der Waals surface area contributed by atoms with Crippen LogP contribution in [0.5, 0.6) is 17.2 Å². The van der Waals surface area contributed by atoms with Crippen molar-refractivity contribution >= 4 is 23.4 Å². The molecular weight excluding hydrogens is 456 g/mol. The number of benzene rings is 2. The first-order valence-corrected chi connectivity index (χ1v) is 11.7. The lowest BCUT2D eigenvalue weighted by atomic mass is 10.0. The van der Waals surface area contributed by atoms with Crippen LogP contribution in [0.4, 0.5) is 5.69 Å². The van der Waals surface area contributed by atoms with Crippen LogP contribution in [0.15, 0.2) is 59.0 Å². The first kappa shape index (κ1) is 22.0. The van der Waals surface area contributed by atoms with Crippen molar-refractivity contribution in [3.63, 3.8) is 0 Å². The minimum absolute atomic E-state index is 0.0737. The second-order valence-electron chi connectivity index (χ2n) is 7.62. The van der Waals surface area contributed by atoms with Gasteiger partial charge in [-0.25, -0.2) is 4.90 Å². The molecule has 3 aromatic rings. The number of hydrogen-bond donors (Lipinski definition) is 1. The van der Waals surface area contributed by atoms with Gasteiger partial charge in [0.1, 0.15) is 0 Å². The smallest absolute Gasteiger partial charge is 0.325 e. The van der Waals surface area contributed by atoms with Crippen molar-refractivity contribution in [3.05, 3.63) is 65.0 Å². The Hall–Kier alpha value is -3.79. The third-order valence-electron chi connectivity index (χ3n) is 5.65. The van der Waals surface area contributed by atoms with E-state index in [4.69, 9.17) is 19.3 Å². The van der Waals surface area contributed by atoms with Gasteiger partial charge in [0.05, 0.1) is 23.9 Å². The highest BCUT2D eigenvalue weighted by atomic mass is 32.2. The molecule has 0 saturated heterocycles. The van der Waals surface area contributed by atoms with Crippen LogP contribution in [0.25, 0.3) is 11.3 Å². The van der Waals surface area contributed by atoms with Crippen LogP contribution >= 0.6 is 11.8 Å². The van der Waals surface area contributed by atoms with E-state index in [0.717, 1.165) is 0 Å². The average Bonchev–Trinajstić information content (AvgIpc) is 3.34. The number of hydrogen-bond acceptors (Lipinski definition) is 7. The SMILES string of the molecule is C=CCSc1n[n+]2c(c(=O)[nH]1)-c1ccccc1N(C(=O)CC)C2c1cc(OC)c2c(c1)OCO2. The number of anilines is 1. The van der Waals surface area contributed by atoms with Crippen LogP contribution in [0.3, 0.4) is 0 Å². The van der Waals surface area contributed by atoms with Gasteiger partial charge in [0.25, 0.3) is 6.17 Å². The van der Waals surface area contributed by atoms with Crippen LogP contribution in [0.2, 0.25) is 0 Å². The van der Waals surface area contributed by atoms with E-state index in [2.05, 4.69) is 11.6 Å². The zero-order valence-corrected chi connectivity index (χ0v) is 19.6. The molecule has 34 heavy (non-hydrogen) atoms. The fraction of sp³-hybridized carbons (Fsp3) is 0.250. The summed E-state index contributed by atoms with van der Waals surface area (Å²) in [4.78, 5) is 31.2. The fourth-order valence-electron chi connectivity index (χ4n) is 4.21. The average molecular weight is 480 g/mol. The van der Waals surface area contributed by atoms with Gasteiger partial charge in [0.15, 0.2) is 11.5 Å². The molecule has 10 heteroatoms. The number of H-pyrrole nitrogens is 1. The number of nitrogens with one attached hydrogen (secondary N) is 1. The second-order valence-corrected chi connectivity index (χ2v) is 8.63. The highest BCUT2D eigenvalue weighted by Gasteiger charge is 2.46. The van der Waals surface area contributed by atoms with Gasteiger partial charge in [-0.05, 0) is 28.9 Å². The van der Waals surface area contributed by atoms with Gasteiger partial charge in [-0.2, -0.15) is 0 Å². The van der Waals surface area contributed by atoms with Gasteiger partial charge < -0.3 is 14.2 Å². The molecule has 2 aromatic carbocycles. The predicted molar refractivity (Wildman–Crippen MR) is 126 cm³/mol. The van der Waals surface area contributed by atoms with Crippen LogP contribution in [0.1, 0.15) is 25.1 Å². The van der Waals surface area contributed by atoms with Crippen molar-refractivity contribution in [2.24, 2.45) is 0 Å². The Morgan fingerprint density at radius 1 is 1.38 bits per heavy atom. The molecule has 0 spiro atoms. The number of aromatic amines is 1. The number of ether oxygens (including phenoxy) is 3. The molecule has 2 aliphatic rings. The van der Waals surface area contributed by atoms with E-state index in [-0.39, 0.29) is 24.7 Å². The molecule has 2 aliphatic heterocycles. The summed E-state index contributed by atoms with van der Waals surface area (Å²) in [6, 6.07) is 10.9. The van der Waals surface area contributed by atoms with Crippen molar-refractivity contribution in [2.45, 2.75) is 24.7 Å². The van der Waals surface area contributed by atoms with Gasteiger partial charge in [0.2, 0.25) is 23.6 Å². The molecule has 1 amide bonds. The first-order chi connectivity index (χ1) is 16.6. The van der Waals surface area contributed by atoms with E-state index in [1.807, 2.05) is 24.3 Å². The minimum Gasteiger partial charge on any atom is -0.493 e. The molecule has 0 bridgehead atoms. The van der Waals surface area contributed by atoms with Gasteiger partial charge in [-0.3, -0.25) is 14.6 Å². The Morgan fingerprint density at radius 2 is 2.21 bits per heavy atom. The molecule has 1 unspecified atom stereocenters. The van der Waals surface area contributed by atoms with Crippen molar-refractivity contribution < 1.29 is 23.7 Å². The van der Waals surface area contributed by atoms with E-state index < -0.39 is 6.17 Å². The summed E-state index contributed by atoms with van der Waals surface area (Å²) in [6.45, 7) is 5.61. The van der Waals surface area contributed by atoms with Crippen molar-refractivity contribution in [3.8, 4) is 28.5 Å². The maximum atomic E-state index is 13.3. The molecule has 0 aliphatic carbocycles. The van der Waals surface area contributed by atoms with Crippen molar-refractivity contribution in [2.75, 3.05) is 24.6 Å². The third-order valence-corrected chi connectivity index (χ3v) is 6.51. The molecule has 3 heterocycles. The molecule has 0 fully saturated rings. The molecule has 1 atom stereocenters. The Bertz CT molecular complexity index is 1360. The van der Waals surface area contributed by atoms with Gasteiger partial charge in [-0.1, -0.05) is 36.9 Å². The second kappa shape index (κ2) is 8.86. The van der Waals surface area contributed by atoms with E-state index >= 15 is 0 Å². The van der Waals surface area contributed by atoms with E-state index in [9.17, 15) is 9.59 Å². The zero-order valence-electron chi connectivity index (χ0n) is 18.7. The fourth-order valence-corrected chi connectivity index (χ4v) is 4.80. The molecule has 1 aromatic heterocycles. The molecule has 1 N–H and O–H groups in total. The monoisotopic (exact) mass is 479 g/mol. The molecule has 9 nitrogen and oxygen atoms in total.